The predicted octanol–water partition coefficient (Wildman–Crippen LogP) is 17.1. The van der Waals surface area contributed by atoms with Crippen LogP contribution >= 0.6 is 0 Å². The molecule has 0 spiro atoms. The van der Waals surface area contributed by atoms with Crippen molar-refractivity contribution in [3.8, 4) is 56.3 Å². The third-order valence-electron chi connectivity index (χ3n) is 17.4. The summed E-state index contributed by atoms with van der Waals surface area (Å²) in [6.45, 7) is 24.4. The minimum atomic E-state index is -2.51. The fourth-order valence-electron chi connectivity index (χ4n) is 10.7. The second-order valence-corrected chi connectivity index (χ2v) is 23.1. The summed E-state index contributed by atoms with van der Waals surface area (Å²) in [7, 11) is 9.84. The van der Waals surface area contributed by atoms with Crippen LogP contribution in [-0.4, -0.2) is 0 Å². The van der Waals surface area contributed by atoms with Crippen molar-refractivity contribution in [1.29, 1.82) is 0 Å². The van der Waals surface area contributed by atoms with Gasteiger partial charge in [0.15, 0.2) is 28.5 Å². The van der Waals surface area contributed by atoms with Crippen LogP contribution in [0.4, 0.5) is 0 Å². The molecule has 0 atom stereocenters. The van der Waals surface area contributed by atoms with Crippen molar-refractivity contribution in [3.63, 3.8) is 0 Å². The average molecular weight is 1140 g/mol. The van der Waals surface area contributed by atoms with E-state index >= 15 is 0 Å². The molecule has 0 unspecified atom stereocenters. The maximum atomic E-state index is 7.75. The Morgan fingerprint density at radius 2 is 0.635 bits per heavy atom. The number of benzene rings is 5. The SMILES string of the molecule is Cc1ccc(-c2ccc(C)c(C)[n+]2C)c(C)c1.Cc1cccc(-c2ccc(C)c(C)[n+]2C)c1C.Cc1ccccc1-c1c(C)c(C)cc(C)[n+]1C.[2H]C([2H])([2H])c1ccc(-c2ccc(C([2H])([2H])[2H])c(C)[n+]2C)c(C)c1.[2H]C([2H])([2H])c1ccc(-c2cccc(C)c2C)[n+](C)c1C([2H])([2H])[2H]. The average Bonchev–Trinajstić information content (AvgIpc) is 0.773. The van der Waals surface area contributed by atoms with Crippen molar-refractivity contribution in [2.75, 3.05) is 0 Å². The molecule has 10 aromatic rings. The molecule has 0 saturated carbocycles. The molecule has 440 valence electrons. The van der Waals surface area contributed by atoms with Gasteiger partial charge in [-0.3, -0.25) is 0 Å². The predicted molar refractivity (Wildman–Crippen MR) is 360 cm³/mol. The zero-order chi connectivity index (χ0) is 72.9. The fraction of sp³-hybridized carbons (Fsp3) is 0.312. The lowest BCUT2D eigenvalue weighted by Crippen LogP contribution is -2.36. The molecule has 5 heteroatoms. The van der Waals surface area contributed by atoms with E-state index in [1.165, 1.54) is 112 Å². The minimum absolute atomic E-state index is 0.131. The molecule has 5 nitrogen and oxygen atoms in total. The van der Waals surface area contributed by atoms with Crippen LogP contribution in [0.25, 0.3) is 56.3 Å². The molecular weight excluding hydrogens is 1030 g/mol. The van der Waals surface area contributed by atoms with Crippen LogP contribution in [0.2, 0.25) is 0 Å². The number of nitrogens with zero attached hydrogens (tertiary/aromatic N) is 5. The van der Waals surface area contributed by atoms with E-state index < -0.39 is 27.4 Å². The number of hydrogen-bond acceptors (Lipinski definition) is 0. The highest BCUT2D eigenvalue weighted by atomic mass is 15.0. The van der Waals surface area contributed by atoms with Crippen LogP contribution in [0.3, 0.4) is 0 Å². The first kappa shape index (κ1) is 50.2. The lowest BCUT2D eigenvalue weighted by atomic mass is 9.98. The Morgan fingerprint density at radius 1 is 0.247 bits per heavy atom. The third-order valence-corrected chi connectivity index (χ3v) is 17.4. The van der Waals surface area contributed by atoms with Gasteiger partial charge in [-0.15, -0.1) is 0 Å². The molecule has 0 bridgehead atoms. The Bertz CT molecular complexity index is 4510. The molecule has 85 heavy (non-hydrogen) atoms. The molecule has 0 aliphatic rings. The Kier molecular flexibility index (Phi) is 16.9. The van der Waals surface area contributed by atoms with E-state index in [4.69, 9.17) is 16.4 Å². The molecule has 0 aliphatic carbocycles. The van der Waals surface area contributed by atoms with Gasteiger partial charge in [0, 0.05) is 137 Å². The molecular formula is C80H100N5+5. The molecule has 10 rings (SSSR count). The monoisotopic (exact) mass is 1140 g/mol. The number of pyridine rings is 5. The van der Waals surface area contributed by atoms with Crippen LogP contribution in [0, 0.1) is 138 Å². The van der Waals surface area contributed by atoms with Gasteiger partial charge in [0.25, 0.3) is 0 Å². The first-order chi connectivity index (χ1) is 44.9. The van der Waals surface area contributed by atoms with Crippen molar-refractivity contribution < 1.29 is 39.3 Å². The Hall–Kier alpha value is -8.15. The summed E-state index contributed by atoms with van der Waals surface area (Å²) in [6, 6.07) is 50.1. The van der Waals surface area contributed by atoms with Crippen LogP contribution in [-0.2, 0) is 35.2 Å². The summed E-state index contributed by atoms with van der Waals surface area (Å²) >= 11 is 0. The molecule has 0 N–H and O–H groups in total. The quantitative estimate of drug-likeness (QED) is 0.153. The molecule has 0 radical (unpaired) electrons. The van der Waals surface area contributed by atoms with E-state index in [9.17, 15) is 0 Å². The third kappa shape index (κ3) is 15.2. The topological polar surface area (TPSA) is 19.4 Å². The highest BCUT2D eigenvalue weighted by molar-refractivity contribution is 5.67. The summed E-state index contributed by atoms with van der Waals surface area (Å²) in [5, 5.41) is 0. The standard InChI is InChI=1S/5C16H20N/c2*1-11-6-8-15(13(3)10-11)16-9-7-12(2)14(4)17(16)5;2*1-11-7-6-8-15(13(11)3)16-10-9-12(2)14(4)17(16)5;1-11-8-6-7-9-15(11)16-14(4)12(2)10-13(3)17(16)5/h5*6-10H,1-5H3/q5*+1/i1D3,2D3;;2D3,4D3;;. The lowest BCUT2D eigenvalue weighted by Gasteiger charge is -2.10. The van der Waals surface area contributed by atoms with Crippen LogP contribution in [0.5, 0.6) is 0 Å². The van der Waals surface area contributed by atoms with Crippen LogP contribution in [0.1, 0.15) is 128 Å². The van der Waals surface area contributed by atoms with Gasteiger partial charge in [0.05, 0.1) is 0 Å². The summed E-state index contributed by atoms with van der Waals surface area (Å²) in [6.07, 6.45) is 0. The summed E-state index contributed by atoms with van der Waals surface area (Å²) in [5.74, 6) is 0. The van der Waals surface area contributed by atoms with Gasteiger partial charge in [-0.25, -0.2) is 0 Å². The van der Waals surface area contributed by atoms with E-state index in [1.54, 1.807) is 50.4 Å². The maximum absolute atomic E-state index is 7.75. The van der Waals surface area contributed by atoms with Crippen molar-refractivity contribution in [2.45, 2.75) is 138 Å². The highest BCUT2D eigenvalue weighted by Crippen LogP contribution is 2.28. The lowest BCUT2D eigenvalue weighted by molar-refractivity contribution is -0.667. The van der Waals surface area contributed by atoms with Crippen molar-refractivity contribution in [1.82, 2.24) is 0 Å². The molecule has 0 aliphatic heterocycles. The molecule has 5 heterocycles. The zero-order valence-electron chi connectivity index (χ0n) is 66.7. The number of aromatic nitrogens is 5. The number of rotatable bonds is 5. The smallest absolute Gasteiger partial charge is 0.198 e. The van der Waals surface area contributed by atoms with E-state index in [1.807, 2.05) is 50.6 Å². The largest absolute Gasteiger partial charge is 0.215 e. The first-order valence-corrected chi connectivity index (χ1v) is 29.2. The van der Waals surface area contributed by atoms with Gasteiger partial charge in [-0.1, -0.05) is 77.9 Å². The summed E-state index contributed by atoms with van der Waals surface area (Å²) in [4.78, 5) is 0. The van der Waals surface area contributed by atoms with Crippen molar-refractivity contribution in [3.05, 3.63) is 264 Å². The van der Waals surface area contributed by atoms with Gasteiger partial charge in [0.1, 0.15) is 35.2 Å². The van der Waals surface area contributed by atoms with E-state index in [2.05, 4.69) is 209 Å². The highest BCUT2D eigenvalue weighted by Gasteiger charge is 2.22. The second-order valence-electron chi connectivity index (χ2n) is 23.1. The van der Waals surface area contributed by atoms with Crippen LogP contribution in [0.15, 0.2) is 152 Å². The number of aryl methyl sites for hydroxylation is 13. The second kappa shape index (κ2) is 28.6. The van der Waals surface area contributed by atoms with Gasteiger partial charge >= 0.3 is 0 Å². The molecule has 5 aromatic heterocycles. The Labute approximate surface area is 530 Å². The van der Waals surface area contributed by atoms with E-state index in [0.717, 1.165) is 33.5 Å². The van der Waals surface area contributed by atoms with Gasteiger partial charge in [-0.2, -0.15) is 22.8 Å². The molecule has 5 aromatic carbocycles. The van der Waals surface area contributed by atoms with Crippen molar-refractivity contribution >= 4 is 0 Å². The molecule has 0 amide bonds. The minimum Gasteiger partial charge on any atom is -0.198 e. The number of hydrogen-bond donors (Lipinski definition) is 0. The molecule has 0 saturated heterocycles. The van der Waals surface area contributed by atoms with E-state index in [0.29, 0.717) is 22.5 Å². The normalized spacial score (nSPS) is 13.3. The van der Waals surface area contributed by atoms with Gasteiger partial charge in [-0.05, 0) is 203 Å². The zero-order valence-corrected chi connectivity index (χ0v) is 54.7. The van der Waals surface area contributed by atoms with Gasteiger partial charge in [0.2, 0.25) is 28.5 Å². The van der Waals surface area contributed by atoms with Gasteiger partial charge < -0.3 is 0 Å². The summed E-state index contributed by atoms with van der Waals surface area (Å²) in [5.41, 5.74) is 31.2. The molecule has 0 fully saturated rings. The first-order valence-electron chi connectivity index (χ1n) is 35.2. The summed E-state index contributed by atoms with van der Waals surface area (Å²) < 4.78 is 101. The Balaban J connectivity index is 0.000000193. The Morgan fingerprint density at radius 3 is 1.08 bits per heavy atom. The van der Waals surface area contributed by atoms with Crippen molar-refractivity contribution in [2.24, 2.45) is 35.2 Å². The van der Waals surface area contributed by atoms with Crippen LogP contribution < -0.4 is 22.8 Å². The maximum Gasteiger partial charge on any atom is 0.215 e. The van der Waals surface area contributed by atoms with E-state index in [-0.39, 0.29) is 11.3 Å². The fourth-order valence-corrected chi connectivity index (χ4v) is 10.7.